The average molecular weight is 489 g/mol. The number of hydrogen-bond acceptors (Lipinski definition) is 8. The molecule has 2 aromatic rings. The Hall–Kier alpha value is -3.64. The van der Waals surface area contributed by atoms with Gasteiger partial charge < -0.3 is 24.9 Å². The third-order valence-electron chi connectivity index (χ3n) is 5.09. The lowest BCUT2D eigenvalue weighted by Gasteiger charge is -2.18. The zero-order chi connectivity index (χ0) is 24.0. The van der Waals surface area contributed by atoms with Gasteiger partial charge in [-0.1, -0.05) is 5.16 Å². The first-order valence-corrected chi connectivity index (χ1v) is 12.1. The predicted octanol–water partition coefficient (Wildman–Crippen LogP) is 1.82. The molecule has 2 N–H and O–H groups in total. The molecule has 2 aromatic carbocycles. The molecule has 1 saturated heterocycles. The summed E-state index contributed by atoms with van der Waals surface area (Å²) in [6.07, 6.45) is 2.62. The van der Waals surface area contributed by atoms with Crippen LogP contribution in [0, 0.1) is 0 Å². The zero-order valence-corrected chi connectivity index (χ0v) is 19.0. The van der Waals surface area contributed by atoms with E-state index in [0.29, 0.717) is 49.2 Å². The van der Waals surface area contributed by atoms with E-state index in [1.54, 1.807) is 18.2 Å². The summed E-state index contributed by atoms with van der Waals surface area (Å²) in [6, 6.07) is 10.9. The van der Waals surface area contributed by atoms with E-state index in [4.69, 9.17) is 14.3 Å². The van der Waals surface area contributed by atoms with Crippen molar-refractivity contribution in [1.29, 1.82) is 0 Å². The highest BCUT2D eigenvalue weighted by molar-refractivity contribution is 7.89. The van der Waals surface area contributed by atoms with Crippen LogP contribution >= 0.6 is 0 Å². The number of oxime groups is 1. The first-order chi connectivity index (χ1) is 16.4. The minimum atomic E-state index is -3.51. The quantitative estimate of drug-likeness (QED) is 0.427. The summed E-state index contributed by atoms with van der Waals surface area (Å²) >= 11 is 0. The van der Waals surface area contributed by atoms with Crippen molar-refractivity contribution in [2.75, 3.05) is 43.5 Å². The van der Waals surface area contributed by atoms with Crippen molar-refractivity contribution < 1.29 is 32.3 Å². The highest BCUT2D eigenvalue weighted by Gasteiger charge is 2.26. The number of hydrogen-bond donors (Lipinski definition) is 2. The average Bonchev–Trinajstić information content (AvgIpc) is 3.38. The van der Waals surface area contributed by atoms with E-state index in [0.717, 1.165) is 19.1 Å². The number of fused-ring (bicyclic) bond motifs is 1. The Morgan fingerprint density at radius 1 is 0.971 bits per heavy atom. The predicted molar refractivity (Wildman–Crippen MR) is 124 cm³/mol. The van der Waals surface area contributed by atoms with Gasteiger partial charge in [0, 0.05) is 30.5 Å². The Morgan fingerprint density at radius 3 is 2.38 bits per heavy atom. The van der Waals surface area contributed by atoms with Gasteiger partial charge in [0.2, 0.25) is 10.0 Å². The van der Waals surface area contributed by atoms with Crippen molar-refractivity contribution in [3.63, 3.8) is 0 Å². The van der Waals surface area contributed by atoms with Gasteiger partial charge in [0.1, 0.15) is 19.4 Å². The van der Waals surface area contributed by atoms with E-state index in [-0.39, 0.29) is 4.90 Å². The fourth-order valence-corrected chi connectivity index (χ4v) is 4.98. The van der Waals surface area contributed by atoms with Crippen molar-refractivity contribution in [1.82, 2.24) is 4.31 Å². The molecular formula is C22H24N4O7S. The zero-order valence-electron chi connectivity index (χ0n) is 18.2. The van der Waals surface area contributed by atoms with E-state index in [2.05, 4.69) is 15.8 Å². The first kappa shape index (κ1) is 23.5. The fourth-order valence-electron chi connectivity index (χ4n) is 3.46. The fraction of sp³-hybridized carbons (Fsp3) is 0.318. The number of benzene rings is 2. The van der Waals surface area contributed by atoms with E-state index >= 15 is 0 Å². The van der Waals surface area contributed by atoms with Gasteiger partial charge in [0.15, 0.2) is 18.1 Å². The second kappa shape index (κ2) is 10.5. The number of ether oxygens (including phenoxy) is 2. The Kier molecular flexibility index (Phi) is 7.28. The van der Waals surface area contributed by atoms with Crippen molar-refractivity contribution in [3.05, 3.63) is 42.5 Å². The Balaban J connectivity index is 1.21. The Labute approximate surface area is 196 Å². The molecule has 1 fully saturated rings. The van der Waals surface area contributed by atoms with E-state index in [9.17, 15) is 18.0 Å². The summed E-state index contributed by atoms with van der Waals surface area (Å²) < 4.78 is 37.4. The van der Waals surface area contributed by atoms with Gasteiger partial charge in [0.25, 0.3) is 11.8 Å². The third-order valence-corrected chi connectivity index (χ3v) is 7.00. The number of amides is 2. The number of carbonyl (C=O) groups excluding carboxylic acids is 2. The molecule has 0 aromatic heterocycles. The van der Waals surface area contributed by atoms with Gasteiger partial charge in [-0.05, 0) is 49.2 Å². The minimum absolute atomic E-state index is 0.178. The molecule has 11 nitrogen and oxygen atoms in total. The number of sulfonamides is 1. The minimum Gasteiger partial charge on any atom is -0.486 e. The topological polar surface area (TPSA) is 136 Å². The largest absolute Gasteiger partial charge is 0.486 e. The summed E-state index contributed by atoms with van der Waals surface area (Å²) in [5, 5.41) is 8.66. The van der Waals surface area contributed by atoms with Crippen molar-refractivity contribution in [3.8, 4) is 11.5 Å². The maximum Gasteiger partial charge on any atom is 0.270 e. The van der Waals surface area contributed by atoms with Gasteiger partial charge >= 0.3 is 0 Å². The summed E-state index contributed by atoms with van der Waals surface area (Å²) in [5.41, 5.74) is 0.905. The molecule has 2 heterocycles. The van der Waals surface area contributed by atoms with Crippen molar-refractivity contribution in [2.45, 2.75) is 17.7 Å². The number of carbonyl (C=O) groups is 2. The summed E-state index contributed by atoms with van der Waals surface area (Å²) in [4.78, 5) is 29.0. The molecule has 4 rings (SSSR count). The molecule has 2 aliphatic heterocycles. The van der Waals surface area contributed by atoms with E-state index < -0.39 is 28.4 Å². The van der Waals surface area contributed by atoms with Crippen LogP contribution in [-0.2, 0) is 24.4 Å². The van der Waals surface area contributed by atoms with Crippen LogP contribution in [0.15, 0.2) is 52.5 Å². The molecule has 2 amide bonds. The van der Waals surface area contributed by atoms with Gasteiger partial charge in [-0.3, -0.25) is 9.59 Å². The molecule has 0 unspecified atom stereocenters. The van der Waals surface area contributed by atoms with E-state index in [1.165, 1.54) is 28.6 Å². The number of rotatable bonds is 8. The molecule has 0 atom stereocenters. The normalized spacial score (nSPS) is 15.8. The van der Waals surface area contributed by atoms with E-state index in [1.807, 2.05) is 0 Å². The Bertz CT molecular complexity index is 1180. The number of nitrogens with zero attached hydrogens (tertiary/aromatic N) is 2. The van der Waals surface area contributed by atoms with Crippen molar-refractivity contribution >= 4 is 39.4 Å². The molecule has 0 saturated carbocycles. The Morgan fingerprint density at radius 2 is 1.65 bits per heavy atom. The van der Waals surface area contributed by atoms with Crippen LogP contribution < -0.4 is 20.1 Å². The van der Waals surface area contributed by atoms with Crippen LogP contribution in [-0.4, -0.2) is 63.7 Å². The molecule has 0 aliphatic carbocycles. The van der Waals surface area contributed by atoms with Gasteiger partial charge in [0.05, 0.1) is 4.90 Å². The summed E-state index contributed by atoms with van der Waals surface area (Å²) in [6.45, 7) is 1.52. The molecule has 0 bridgehead atoms. The summed E-state index contributed by atoms with van der Waals surface area (Å²) in [5.74, 6) is 0.0807. The van der Waals surface area contributed by atoms with Crippen LogP contribution in [0.1, 0.15) is 12.8 Å². The van der Waals surface area contributed by atoms with Crippen LogP contribution in [0.2, 0.25) is 0 Å². The lowest BCUT2D eigenvalue weighted by atomic mass is 10.2. The van der Waals surface area contributed by atoms with Crippen molar-refractivity contribution in [2.24, 2.45) is 5.16 Å². The molecule has 34 heavy (non-hydrogen) atoms. The second-order valence-corrected chi connectivity index (χ2v) is 9.48. The SMILES string of the molecule is O=C(/C=N/OCC(=O)Nc1ccc(S(=O)(=O)N2CCCC2)cc1)Nc1ccc2c(c1)OCCO2. The smallest absolute Gasteiger partial charge is 0.270 e. The monoisotopic (exact) mass is 488 g/mol. The number of anilines is 2. The second-order valence-electron chi connectivity index (χ2n) is 7.54. The van der Waals surface area contributed by atoms with Gasteiger partial charge in [-0.2, -0.15) is 4.31 Å². The molecule has 0 spiro atoms. The van der Waals surface area contributed by atoms with Gasteiger partial charge in [-0.15, -0.1) is 0 Å². The summed E-state index contributed by atoms with van der Waals surface area (Å²) in [7, 11) is -3.51. The van der Waals surface area contributed by atoms with Crippen LogP contribution in [0.3, 0.4) is 0 Å². The maximum atomic E-state index is 12.5. The third kappa shape index (κ3) is 5.83. The molecule has 0 radical (unpaired) electrons. The van der Waals surface area contributed by atoms with Crippen LogP contribution in [0.4, 0.5) is 11.4 Å². The highest BCUT2D eigenvalue weighted by atomic mass is 32.2. The number of nitrogens with one attached hydrogen (secondary N) is 2. The highest BCUT2D eigenvalue weighted by Crippen LogP contribution is 2.32. The first-order valence-electron chi connectivity index (χ1n) is 10.7. The van der Waals surface area contributed by atoms with Crippen LogP contribution in [0.5, 0.6) is 11.5 Å². The standard InChI is InChI=1S/C22H24N4O7S/c27-21(25-17-5-8-19-20(13-17)32-12-11-31-19)14-23-33-15-22(28)24-16-3-6-18(7-4-16)34(29,30)26-9-1-2-10-26/h3-8,13-14H,1-2,9-12,15H2,(H,24,28)(H,25,27)/b23-14+. The molecular weight excluding hydrogens is 464 g/mol. The lowest BCUT2D eigenvalue weighted by molar-refractivity contribution is -0.120. The molecule has 2 aliphatic rings. The van der Waals surface area contributed by atoms with Gasteiger partial charge in [-0.25, -0.2) is 8.42 Å². The van der Waals surface area contributed by atoms with Crippen LogP contribution in [0.25, 0.3) is 0 Å². The lowest BCUT2D eigenvalue weighted by Crippen LogP contribution is -2.27. The maximum absolute atomic E-state index is 12.5. The molecule has 180 valence electrons. The molecule has 12 heteroatoms.